The number of hydrogen-bond acceptors (Lipinski definition) is 7. The van der Waals surface area contributed by atoms with Crippen LogP contribution in [0.4, 0.5) is 5.13 Å². The molecule has 0 saturated carbocycles. The fraction of sp³-hybridized carbons (Fsp3) is 0.278. The number of methoxy groups -OCH3 is 1. The smallest absolute Gasteiger partial charge is 0.331 e. The average molecular weight is 414 g/mol. The van der Waals surface area contributed by atoms with E-state index in [1.54, 1.807) is 14.2 Å². The molecule has 1 aromatic carbocycles. The van der Waals surface area contributed by atoms with Crippen LogP contribution < -0.4 is 21.3 Å². The number of amides is 1. The minimum Gasteiger partial charge on any atom is -0.496 e. The SMILES string of the molecule is COc1cc2nc(NC(=O)Cn3ncc4c3c(=O)n(C)c(=O)n4C)sc2cc1C. The zero-order valence-corrected chi connectivity index (χ0v) is 17.0. The molecule has 0 aliphatic heterocycles. The van der Waals surface area contributed by atoms with E-state index >= 15 is 0 Å². The zero-order valence-electron chi connectivity index (χ0n) is 16.2. The Labute approximate surface area is 168 Å². The van der Waals surface area contributed by atoms with Gasteiger partial charge >= 0.3 is 5.69 Å². The summed E-state index contributed by atoms with van der Waals surface area (Å²) in [5, 5.41) is 7.29. The van der Waals surface area contributed by atoms with E-state index in [9.17, 15) is 14.4 Å². The number of carbonyl (C=O) groups excluding carboxylic acids is 1. The van der Waals surface area contributed by atoms with Crippen LogP contribution in [0.5, 0.6) is 5.75 Å². The van der Waals surface area contributed by atoms with Gasteiger partial charge in [0.25, 0.3) is 5.56 Å². The van der Waals surface area contributed by atoms with Crippen molar-refractivity contribution in [1.82, 2.24) is 23.9 Å². The normalized spacial score (nSPS) is 11.3. The van der Waals surface area contributed by atoms with Gasteiger partial charge in [0.1, 0.15) is 12.3 Å². The molecular formula is C18H18N6O4S. The van der Waals surface area contributed by atoms with E-state index < -0.39 is 11.2 Å². The number of thiazole rings is 1. The summed E-state index contributed by atoms with van der Waals surface area (Å²) in [5.41, 5.74) is 1.30. The first kappa shape index (κ1) is 18.9. The third-order valence-electron chi connectivity index (χ3n) is 4.71. The number of aryl methyl sites for hydroxylation is 2. The van der Waals surface area contributed by atoms with Crippen molar-refractivity contribution in [1.29, 1.82) is 0 Å². The lowest BCUT2D eigenvalue weighted by atomic mass is 10.2. The average Bonchev–Trinajstić information content (AvgIpc) is 3.27. The Bertz CT molecular complexity index is 1390. The Morgan fingerprint density at radius 3 is 2.72 bits per heavy atom. The van der Waals surface area contributed by atoms with Crippen LogP contribution in [0.3, 0.4) is 0 Å². The minimum atomic E-state index is -0.504. The fourth-order valence-corrected chi connectivity index (χ4v) is 4.12. The molecule has 10 nitrogen and oxygen atoms in total. The molecule has 150 valence electrons. The number of benzene rings is 1. The van der Waals surface area contributed by atoms with E-state index in [-0.39, 0.29) is 18.0 Å². The quantitative estimate of drug-likeness (QED) is 0.533. The zero-order chi connectivity index (χ0) is 20.9. The lowest BCUT2D eigenvalue weighted by Gasteiger charge is -2.06. The molecule has 11 heteroatoms. The molecule has 4 rings (SSSR count). The molecule has 29 heavy (non-hydrogen) atoms. The number of rotatable bonds is 4. The van der Waals surface area contributed by atoms with E-state index in [1.165, 1.54) is 33.8 Å². The summed E-state index contributed by atoms with van der Waals surface area (Å²) in [6.07, 6.45) is 1.40. The highest BCUT2D eigenvalue weighted by molar-refractivity contribution is 7.22. The predicted molar refractivity (Wildman–Crippen MR) is 110 cm³/mol. The van der Waals surface area contributed by atoms with Crippen molar-refractivity contribution in [2.24, 2.45) is 14.1 Å². The van der Waals surface area contributed by atoms with Crippen LogP contribution in [0.2, 0.25) is 0 Å². The van der Waals surface area contributed by atoms with Gasteiger partial charge in [0.15, 0.2) is 10.6 Å². The van der Waals surface area contributed by atoms with Crippen LogP contribution in [-0.2, 0) is 25.4 Å². The second-order valence-electron chi connectivity index (χ2n) is 6.60. The van der Waals surface area contributed by atoms with Gasteiger partial charge in [-0.1, -0.05) is 11.3 Å². The van der Waals surface area contributed by atoms with Crippen LogP contribution in [0.15, 0.2) is 27.9 Å². The van der Waals surface area contributed by atoms with Crippen LogP contribution in [0.25, 0.3) is 21.3 Å². The number of nitrogens with zero attached hydrogens (tertiary/aromatic N) is 5. The maximum atomic E-state index is 12.5. The topological polar surface area (TPSA) is 113 Å². The van der Waals surface area contributed by atoms with Crippen LogP contribution in [-0.4, -0.2) is 36.9 Å². The monoisotopic (exact) mass is 414 g/mol. The molecule has 0 fully saturated rings. The Morgan fingerprint density at radius 1 is 1.24 bits per heavy atom. The second-order valence-corrected chi connectivity index (χ2v) is 7.63. The van der Waals surface area contributed by atoms with Crippen LogP contribution >= 0.6 is 11.3 Å². The van der Waals surface area contributed by atoms with Gasteiger partial charge in [-0.2, -0.15) is 5.10 Å². The van der Waals surface area contributed by atoms with Gasteiger partial charge in [0.2, 0.25) is 5.91 Å². The van der Waals surface area contributed by atoms with Crippen molar-refractivity contribution in [2.45, 2.75) is 13.5 Å². The molecule has 3 aromatic heterocycles. The number of hydrogen-bond donors (Lipinski definition) is 1. The highest BCUT2D eigenvalue weighted by Crippen LogP contribution is 2.31. The lowest BCUT2D eigenvalue weighted by molar-refractivity contribution is -0.116. The minimum absolute atomic E-state index is 0.185. The number of aromatic nitrogens is 5. The summed E-state index contributed by atoms with van der Waals surface area (Å²) in [6, 6.07) is 3.77. The van der Waals surface area contributed by atoms with E-state index in [0.29, 0.717) is 10.6 Å². The maximum Gasteiger partial charge on any atom is 0.331 e. The molecule has 1 N–H and O–H groups in total. The first-order chi connectivity index (χ1) is 13.8. The van der Waals surface area contributed by atoms with E-state index in [0.717, 1.165) is 26.1 Å². The summed E-state index contributed by atoms with van der Waals surface area (Å²) < 4.78 is 9.82. The third-order valence-corrected chi connectivity index (χ3v) is 5.64. The van der Waals surface area contributed by atoms with Crippen LogP contribution in [0.1, 0.15) is 5.56 Å². The highest BCUT2D eigenvalue weighted by Gasteiger charge is 2.17. The summed E-state index contributed by atoms with van der Waals surface area (Å²) in [7, 11) is 4.53. The molecule has 0 spiro atoms. The number of carbonyl (C=O) groups is 1. The van der Waals surface area contributed by atoms with Gasteiger partial charge in [0, 0.05) is 20.2 Å². The van der Waals surface area contributed by atoms with Crippen molar-refractivity contribution in [3.05, 3.63) is 44.7 Å². The summed E-state index contributed by atoms with van der Waals surface area (Å²) in [4.78, 5) is 41.4. The molecule has 0 atom stereocenters. The van der Waals surface area contributed by atoms with Gasteiger partial charge in [0.05, 0.1) is 29.0 Å². The highest BCUT2D eigenvalue weighted by atomic mass is 32.1. The van der Waals surface area contributed by atoms with Crippen molar-refractivity contribution in [3.63, 3.8) is 0 Å². The first-order valence-corrected chi connectivity index (χ1v) is 9.48. The molecular weight excluding hydrogens is 396 g/mol. The second kappa shape index (κ2) is 6.85. The van der Waals surface area contributed by atoms with Gasteiger partial charge in [-0.3, -0.25) is 18.7 Å². The molecule has 1 amide bonds. The van der Waals surface area contributed by atoms with Gasteiger partial charge < -0.3 is 10.1 Å². The molecule has 0 saturated heterocycles. The van der Waals surface area contributed by atoms with Gasteiger partial charge in [-0.05, 0) is 18.6 Å². The number of anilines is 1. The Kier molecular flexibility index (Phi) is 4.46. The van der Waals surface area contributed by atoms with Gasteiger partial charge in [-0.25, -0.2) is 14.5 Å². The van der Waals surface area contributed by atoms with Crippen molar-refractivity contribution in [2.75, 3.05) is 12.4 Å². The number of nitrogens with one attached hydrogen (secondary N) is 1. The Balaban J connectivity index is 1.63. The number of fused-ring (bicyclic) bond motifs is 2. The van der Waals surface area contributed by atoms with Crippen molar-refractivity contribution < 1.29 is 9.53 Å². The van der Waals surface area contributed by atoms with Crippen molar-refractivity contribution >= 4 is 43.6 Å². The summed E-state index contributed by atoms with van der Waals surface area (Å²) in [5.74, 6) is 0.346. The molecule has 0 unspecified atom stereocenters. The molecule has 3 heterocycles. The fourth-order valence-electron chi connectivity index (χ4n) is 3.16. The van der Waals surface area contributed by atoms with Crippen molar-refractivity contribution in [3.8, 4) is 5.75 Å². The predicted octanol–water partition coefficient (Wildman–Crippen LogP) is 0.999. The van der Waals surface area contributed by atoms with E-state index in [2.05, 4.69) is 15.4 Å². The lowest BCUT2D eigenvalue weighted by Crippen LogP contribution is -2.37. The maximum absolute atomic E-state index is 12.5. The molecule has 4 aromatic rings. The summed E-state index contributed by atoms with van der Waals surface area (Å²) >= 11 is 1.35. The molecule has 0 aliphatic rings. The molecule has 0 aliphatic carbocycles. The number of ether oxygens (including phenoxy) is 1. The molecule has 0 bridgehead atoms. The Hall–Kier alpha value is -3.47. The third kappa shape index (κ3) is 3.09. The standard InChI is InChI=1S/C18H18N6O4S/c1-9-5-13-10(6-12(9)28-4)20-17(29-13)21-14(25)8-24-15-11(7-19-24)22(2)18(27)23(3)16(15)26/h5-7H,8H2,1-4H3,(H,20,21,25). The largest absolute Gasteiger partial charge is 0.496 e. The van der Waals surface area contributed by atoms with E-state index in [1.807, 2.05) is 19.1 Å². The van der Waals surface area contributed by atoms with E-state index in [4.69, 9.17) is 4.74 Å². The Morgan fingerprint density at radius 2 is 2.00 bits per heavy atom. The summed E-state index contributed by atoms with van der Waals surface area (Å²) in [6.45, 7) is 1.75. The first-order valence-electron chi connectivity index (χ1n) is 8.66. The van der Waals surface area contributed by atoms with Crippen LogP contribution in [0, 0.1) is 6.92 Å². The van der Waals surface area contributed by atoms with Gasteiger partial charge in [-0.15, -0.1) is 0 Å². The molecule has 0 radical (unpaired) electrons.